The Morgan fingerprint density at radius 3 is 2.43 bits per heavy atom. The number of amides is 2. The minimum Gasteiger partial charge on any atom is -0.481 e. The lowest BCUT2D eigenvalue weighted by Crippen LogP contribution is -2.55. The van der Waals surface area contributed by atoms with E-state index < -0.39 is 35.3 Å². The predicted molar refractivity (Wildman–Crippen MR) is 167 cm³/mol. The van der Waals surface area contributed by atoms with Gasteiger partial charge in [0, 0.05) is 37.9 Å². The van der Waals surface area contributed by atoms with Crippen LogP contribution < -0.4 is 26.6 Å². The number of hydrogen-bond donors (Lipinski definition) is 6. The molecule has 236 valence electrons. The molecular weight excluding hydrogens is 566 g/mol. The summed E-state index contributed by atoms with van der Waals surface area (Å²) in [5.41, 5.74) is 6.72. The maximum atomic E-state index is 13.9. The molecule has 2 amide bonds. The number of carboxylic acids is 1. The molecule has 1 fully saturated rings. The van der Waals surface area contributed by atoms with Gasteiger partial charge in [0.05, 0.1) is 36.4 Å². The van der Waals surface area contributed by atoms with E-state index in [-0.39, 0.29) is 37.9 Å². The highest BCUT2D eigenvalue weighted by molar-refractivity contribution is 5.96. The summed E-state index contributed by atoms with van der Waals surface area (Å²) >= 11 is 0. The van der Waals surface area contributed by atoms with Crippen LogP contribution in [-0.4, -0.2) is 85.1 Å². The van der Waals surface area contributed by atoms with Gasteiger partial charge in [-0.1, -0.05) is 6.07 Å². The number of fused-ring (bicyclic) bond motifs is 1. The second kappa shape index (κ2) is 13.2. The first kappa shape index (κ1) is 32.1. The fourth-order valence-electron chi connectivity index (χ4n) is 5.74. The number of carboxylic acid groups (broad SMARTS) is 1. The molecule has 0 aromatic heterocycles. The van der Waals surface area contributed by atoms with Crippen molar-refractivity contribution < 1.29 is 29.0 Å². The highest BCUT2D eigenvalue weighted by atomic mass is 16.5. The zero-order chi connectivity index (χ0) is 32.1. The molecular formula is C31H41N7O6. The molecule has 13 nitrogen and oxygen atoms in total. The third-order valence-corrected chi connectivity index (χ3v) is 8.34. The number of likely N-dealkylation sites (N-methyl/N-ethyl adjacent to an activating group) is 1. The molecule has 7 N–H and O–H groups in total. The molecule has 13 heteroatoms. The van der Waals surface area contributed by atoms with Gasteiger partial charge in [-0.05, 0) is 68.7 Å². The molecule has 2 aromatic carbocycles. The van der Waals surface area contributed by atoms with Crippen LogP contribution in [0.1, 0.15) is 50.7 Å². The Labute approximate surface area is 256 Å². The number of hydrogen-bond acceptors (Lipinski definition) is 9. The zero-order valence-electron chi connectivity index (χ0n) is 25.4. The highest BCUT2D eigenvalue weighted by Crippen LogP contribution is 2.43. The van der Waals surface area contributed by atoms with Crippen LogP contribution in [0.5, 0.6) is 0 Å². The van der Waals surface area contributed by atoms with E-state index in [1.165, 1.54) is 0 Å². The Kier molecular flexibility index (Phi) is 9.65. The Hall–Kier alpha value is -4.81. The summed E-state index contributed by atoms with van der Waals surface area (Å²) in [5.74, 6) is -2.35. The third-order valence-electron chi connectivity index (χ3n) is 8.34. The van der Waals surface area contributed by atoms with Crippen molar-refractivity contribution in [1.82, 2.24) is 10.2 Å². The van der Waals surface area contributed by atoms with Crippen LogP contribution in [0.3, 0.4) is 0 Å². The Morgan fingerprint density at radius 1 is 1.14 bits per heavy atom. The quantitative estimate of drug-likeness (QED) is 0.0851. The molecule has 4 rings (SSSR count). The summed E-state index contributed by atoms with van der Waals surface area (Å²) in [6, 6.07) is 12.5. The van der Waals surface area contributed by atoms with Crippen LogP contribution in [0.15, 0.2) is 42.5 Å². The summed E-state index contributed by atoms with van der Waals surface area (Å²) < 4.78 is 4.88. The number of carbonyl (C=O) groups excluding carboxylic acids is 3. The number of anilines is 3. The molecule has 0 saturated carbocycles. The van der Waals surface area contributed by atoms with E-state index in [1.54, 1.807) is 43.0 Å². The van der Waals surface area contributed by atoms with E-state index in [0.29, 0.717) is 29.9 Å². The van der Waals surface area contributed by atoms with E-state index in [4.69, 9.17) is 15.9 Å². The standard InChI is InChI=1S/C31H41N7O6/c1-4-44-27(42)16-25(39)35-18-30(2,29(43)38-13-5-6-14-38)21-9-12-24-23(15-21)36-31(37(24)3,17-26(40)41)19-34-22-10-7-20(8-11-22)28(32)33/h7-12,15,34,36H,4-6,13-14,16-19H2,1-3H3,(H3,32,33)(H,35,39)(H,40,41). The van der Waals surface area contributed by atoms with Gasteiger partial charge >= 0.3 is 11.9 Å². The first-order valence-electron chi connectivity index (χ1n) is 14.7. The predicted octanol–water partition coefficient (Wildman–Crippen LogP) is 2.06. The molecule has 44 heavy (non-hydrogen) atoms. The lowest BCUT2D eigenvalue weighted by atomic mass is 9.80. The molecule has 2 atom stereocenters. The summed E-state index contributed by atoms with van der Waals surface area (Å²) in [7, 11) is 1.81. The lowest BCUT2D eigenvalue weighted by Gasteiger charge is -2.37. The number of ether oxygens (including phenoxy) is 1. The van der Waals surface area contributed by atoms with Crippen molar-refractivity contribution in [2.75, 3.05) is 55.4 Å². The maximum Gasteiger partial charge on any atom is 0.315 e. The Morgan fingerprint density at radius 2 is 1.82 bits per heavy atom. The zero-order valence-corrected chi connectivity index (χ0v) is 25.4. The second-order valence-corrected chi connectivity index (χ2v) is 11.5. The number of nitrogens with two attached hydrogens (primary N) is 1. The van der Waals surface area contributed by atoms with Crippen LogP contribution in [0.25, 0.3) is 0 Å². The summed E-state index contributed by atoms with van der Waals surface area (Å²) in [4.78, 5) is 54.1. The number of benzene rings is 2. The number of rotatable bonds is 13. The van der Waals surface area contributed by atoms with Gasteiger partial charge in [0.1, 0.15) is 17.9 Å². The average Bonchev–Trinajstić information content (AvgIpc) is 3.61. The van der Waals surface area contributed by atoms with E-state index in [9.17, 15) is 24.3 Å². The van der Waals surface area contributed by atoms with Crippen LogP contribution >= 0.6 is 0 Å². The summed E-state index contributed by atoms with van der Waals surface area (Å²) in [5, 5.41) is 26.9. The molecule has 0 bridgehead atoms. The van der Waals surface area contributed by atoms with E-state index >= 15 is 0 Å². The van der Waals surface area contributed by atoms with Crippen molar-refractivity contribution in [3.8, 4) is 0 Å². The summed E-state index contributed by atoms with van der Waals surface area (Å²) in [6.45, 7) is 5.03. The maximum absolute atomic E-state index is 13.9. The number of aliphatic carboxylic acids is 1. The van der Waals surface area contributed by atoms with Crippen LogP contribution in [0.4, 0.5) is 17.1 Å². The number of nitrogens with one attached hydrogen (secondary N) is 4. The molecule has 2 unspecified atom stereocenters. The molecule has 2 aliphatic rings. The number of likely N-dealkylation sites (tertiary alicyclic amines) is 1. The van der Waals surface area contributed by atoms with Gasteiger partial charge in [-0.3, -0.25) is 24.6 Å². The van der Waals surface area contributed by atoms with Gasteiger partial charge in [-0.2, -0.15) is 0 Å². The minimum absolute atomic E-state index is 0.0344. The number of esters is 1. The van der Waals surface area contributed by atoms with E-state index in [0.717, 1.165) is 24.2 Å². The first-order chi connectivity index (χ1) is 20.9. The van der Waals surface area contributed by atoms with Crippen molar-refractivity contribution in [3.63, 3.8) is 0 Å². The van der Waals surface area contributed by atoms with Crippen LogP contribution in [0, 0.1) is 5.41 Å². The average molecular weight is 608 g/mol. The van der Waals surface area contributed by atoms with Gasteiger partial charge in [-0.25, -0.2) is 0 Å². The number of carbonyl (C=O) groups is 4. The second-order valence-electron chi connectivity index (χ2n) is 11.5. The molecule has 2 heterocycles. The van der Waals surface area contributed by atoms with Crippen molar-refractivity contribution in [2.45, 2.75) is 50.6 Å². The van der Waals surface area contributed by atoms with Gasteiger partial charge in [-0.15, -0.1) is 0 Å². The molecule has 2 aromatic rings. The van der Waals surface area contributed by atoms with Crippen molar-refractivity contribution in [3.05, 3.63) is 53.6 Å². The van der Waals surface area contributed by atoms with Crippen molar-refractivity contribution in [2.24, 2.45) is 5.73 Å². The number of nitrogens with zero attached hydrogens (tertiary/aromatic N) is 2. The minimum atomic E-state index is -1.15. The number of amidine groups is 1. The van der Waals surface area contributed by atoms with E-state index in [2.05, 4.69) is 16.0 Å². The van der Waals surface area contributed by atoms with Gasteiger partial charge in [0.25, 0.3) is 0 Å². The molecule has 0 aliphatic carbocycles. The number of nitrogen functional groups attached to an aromatic ring is 1. The molecule has 0 radical (unpaired) electrons. The molecule has 1 saturated heterocycles. The fraction of sp³-hybridized carbons (Fsp3) is 0.452. The van der Waals surface area contributed by atoms with Crippen molar-refractivity contribution >= 4 is 46.7 Å². The highest BCUT2D eigenvalue weighted by Gasteiger charge is 2.45. The van der Waals surface area contributed by atoms with Gasteiger partial charge in [0.2, 0.25) is 11.8 Å². The monoisotopic (exact) mass is 607 g/mol. The fourth-order valence-corrected chi connectivity index (χ4v) is 5.74. The summed E-state index contributed by atoms with van der Waals surface area (Å²) in [6.07, 6.45) is 1.12. The SMILES string of the molecule is CCOC(=O)CC(=O)NCC(C)(C(=O)N1CCCC1)c1ccc2c(c1)NC(CNc1ccc(C(=N)N)cc1)(CC(=O)O)N2C. The Bertz CT molecular complexity index is 1430. The first-order valence-corrected chi connectivity index (χ1v) is 14.7. The molecule has 0 spiro atoms. The normalized spacial score (nSPS) is 18.5. The molecule has 2 aliphatic heterocycles. The van der Waals surface area contributed by atoms with Gasteiger partial charge in [0.15, 0.2) is 0 Å². The Balaban J connectivity index is 1.61. The lowest BCUT2D eigenvalue weighted by molar-refractivity contribution is -0.146. The smallest absolute Gasteiger partial charge is 0.315 e. The topological polar surface area (TPSA) is 190 Å². The third kappa shape index (κ3) is 6.87. The van der Waals surface area contributed by atoms with Crippen LogP contribution in [0.2, 0.25) is 0 Å². The van der Waals surface area contributed by atoms with Gasteiger partial charge < -0.3 is 41.3 Å². The van der Waals surface area contributed by atoms with Crippen LogP contribution in [-0.2, 0) is 29.3 Å². The largest absolute Gasteiger partial charge is 0.481 e. The van der Waals surface area contributed by atoms with E-state index in [1.807, 2.05) is 30.1 Å². The van der Waals surface area contributed by atoms with Crippen molar-refractivity contribution in [1.29, 1.82) is 5.41 Å².